The molecule has 128 valence electrons. The van der Waals surface area contributed by atoms with Crippen molar-refractivity contribution in [1.29, 1.82) is 0 Å². The van der Waals surface area contributed by atoms with Gasteiger partial charge in [0.1, 0.15) is 13.1 Å². The molecule has 0 spiro atoms. The van der Waals surface area contributed by atoms with E-state index in [4.69, 9.17) is 0 Å². The summed E-state index contributed by atoms with van der Waals surface area (Å²) in [4.78, 5) is 29.2. The molecule has 1 aromatic heterocycles. The number of halogens is 3. The first-order valence-electron chi connectivity index (χ1n) is 7.13. The van der Waals surface area contributed by atoms with Crippen LogP contribution in [0.15, 0.2) is 42.0 Å². The Balaban J connectivity index is 2.31. The Morgan fingerprint density at radius 3 is 2.75 bits per heavy atom. The van der Waals surface area contributed by atoms with Crippen molar-refractivity contribution in [2.24, 2.45) is 0 Å². The largest absolute Gasteiger partial charge is 0.406 e. The van der Waals surface area contributed by atoms with Crippen LogP contribution in [-0.2, 0) is 11.3 Å². The van der Waals surface area contributed by atoms with Crippen LogP contribution in [0.3, 0.4) is 0 Å². The molecule has 0 aliphatic rings. The van der Waals surface area contributed by atoms with Crippen molar-refractivity contribution in [3.63, 3.8) is 0 Å². The number of hydrogen-bond donors (Lipinski definition) is 0. The maximum atomic E-state index is 12.6. The summed E-state index contributed by atoms with van der Waals surface area (Å²) in [7, 11) is 0. The molecule has 8 heteroatoms. The minimum Gasteiger partial charge on any atom is -0.328 e. The van der Waals surface area contributed by atoms with E-state index in [1.807, 2.05) is 0 Å². The number of aromatic nitrogens is 2. The maximum absolute atomic E-state index is 12.6. The third kappa shape index (κ3) is 4.01. The molecule has 5 nitrogen and oxygen atoms in total. The Morgan fingerprint density at radius 2 is 2.12 bits per heavy atom. The molecule has 0 N–H and O–H groups in total. The monoisotopic (exact) mass is 339 g/mol. The van der Waals surface area contributed by atoms with Crippen LogP contribution in [0.5, 0.6) is 0 Å². The molecule has 0 atom stereocenters. The molecule has 0 bridgehead atoms. The average Bonchev–Trinajstić information content (AvgIpc) is 2.49. The second-order valence-electron chi connectivity index (χ2n) is 5.33. The number of alkyl halides is 3. The Hall–Kier alpha value is -2.64. The smallest absolute Gasteiger partial charge is 0.328 e. The maximum Gasteiger partial charge on any atom is 0.406 e. The van der Waals surface area contributed by atoms with Crippen molar-refractivity contribution < 1.29 is 18.0 Å². The van der Waals surface area contributed by atoms with Crippen LogP contribution in [0.2, 0.25) is 0 Å². The zero-order valence-corrected chi connectivity index (χ0v) is 13.0. The molecule has 0 aliphatic heterocycles. The number of nitrogens with zero attached hydrogens (tertiary/aromatic N) is 3. The number of aryl methyl sites for hydroxylation is 1. The standard InChI is InChI=1S/C16H16F3N3O2/c1-3-7-21(9-16(17,18)19)13(23)8-22-10-20-14-11(2)5-4-6-12(14)15(22)24/h3-6,10H,1,7-9H2,2H3. The lowest BCUT2D eigenvalue weighted by Crippen LogP contribution is -2.42. The van der Waals surface area contributed by atoms with Crippen LogP contribution < -0.4 is 5.56 Å². The molecule has 2 aromatic rings. The highest BCUT2D eigenvalue weighted by atomic mass is 19.4. The van der Waals surface area contributed by atoms with Crippen molar-refractivity contribution in [3.05, 3.63) is 53.1 Å². The number of carbonyl (C=O) groups excluding carboxylic acids is 1. The van der Waals surface area contributed by atoms with Crippen molar-refractivity contribution in [2.45, 2.75) is 19.6 Å². The number of amides is 1. The van der Waals surface area contributed by atoms with Gasteiger partial charge in [-0.05, 0) is 18.6 Å². The van der Waals surface area contributed by atoms with E-state index in [9.17, 15) is 22.8 Å². The second-order valence-corrected chi connectivity index (χ2v) is 5.33. The molecule has 1 aromatic carbocycles. The SMILES string of the molecule is C=CCN(CC(F)(F)F)C(=O)Cn1cnc2c(C)cccc2c1=O. The van der Waals surface area contributed by atoms with Gasteiger partial charge in [-0.1, -0.05) is 18.2 Å². The van der Waals surface area contributed by atoms with E-state index in [-0.39, 0.29) is 6.54 Å². The van der Waals surface area contributed by atoms with Crippen molar-refractivity contribution in [1.82, 2.24) is 14.5 Å². The summed E-state index contributed by atoms with van der Waals surface area (Å²) in [5.41, 5.74) is 0.834. The highest BCUT2D eigenvalue weighted by Crippen LogP contribution is 2.17. The molecule has 0 saturated carbocycles. The van der Waals surface area contributed by atoms with E-state index in [0.29, 0.717) is 15.8 Å². The molecule has 0 radical (unpaired) electrons. The normalized spacial score (nSPS) is 11.5. The summed E-state index contributed by atoms with van der Waals surface area (Å²) in [5, 5.41) is 0.316. The quantitative estimate of drug-likeness (QED) is 0.786. The van der Waals surface area contributed by atoms with Gasteiger partial charge in [-0.2, -0.15) is 13.2 Å². The van der Waals surface area contributed by atoms with Gasteiger partial charge in [-0.15, -0.1) is 6.58 Å². The molecule has 2 rings (SSSR count). The predicted molar refractivity (Wildman–Crippen MR) is 83.6 cm³/mol. The van der Waals surface area contributed by atoms with Gasteiger partial charge in [0.05, 0.1) is 17.2 Å². The average molecular weight is 339 g/mol. The number of carbonyl (C=O) groups is 1. The second kappa shape index (κ2) is 6.86. The van der Waals surface area contributed by atoms with Crippen LogP contribution in [-0.4, -0.2) is 39.6 Å². The number of rotatable bonds is 5. The first-order chi connectivity index (χ1) is 11.2. The summed E-state index contributed by atoms with van der Waals surface area (Å²) in [6.45, 7) is 2.97. The summed E-state index contributed by atoms with van der Waals surface area (Å²) in [6, 6.07) is 5.04. The lowest BCUT2D eigenvalue weighted by atomic mass is 10.1. The third-order valence-corrected chi connectivity index (χ3v) is 3.43. The first-order valence-corrected chi connectivity index (χ1v) is 7.13. The molecule has 0 fully saturated rings. The number of fused-ring (bicyclic) bond motifs is 1. The van der Waals surface area contributed by atoms with Gasteiger partial charge in [0.2, 0.25) is 5.91 Å². The summed E-state index contributed by atoms with van der Waals surface area (Å²) in [5.74, 6) is -0.830. The van der Waals surface area contributed by atoms with Crippen LogP contribution >= 0.6 is 0 Å². The fourth-order valence-electron chi connectivity index (χ4n) is 2.32. The van der Waals surface area contributed by atoms with Gasteiger partial charge < -0.3 is 4.90 Å². The van der Waals surface area contributed by atoms with Gasteiger partial charge in [-0.25, -0.2) is 4.98 Å². The van der Waals surface area contributed by atoms with Crippen LogP contribution in [0, 0.1) is 6.92 Å². The number of hydrogen-bond acceptors (Lipinski definition) is 3. The van der Waals surface area contributed by atoms with Gasteiger partial charge in [0.25, 0.3) is 5.56 Å². The molecule has 0 saturated heterocycles. The van der Waals surface area contributed by atoms with Crippen LogP contribution in [0.4, 0.5) is 13.2 Å². The highest BCUT2D eigenvalue weighted by molar-refractivity contribution is 5.81. The zero-order valence-electron chi connectivity index (χ0n) is 13.0. The predicted octanol–water partition coefficient (Wildman–Crippen LogP) is 2.28. The minimum atomic E-state index is -4.53. The molecule has 0 aliphatic carbocycles. The number of benzene rings is 1. The highest BCUT2D eigenvalue weighted by Gasteiger charge is 2.32. The summed E-state index contributed by atoms with van der Waals surface area (Å²) < 4.78 is 38.7. The van der Waals surface area contributed by atoms with Crippen LogP contribution in [0.1, 0.15) is 5.56 Å². The number of para-hydroxylation sites is 1. The van der Waals surface area contributed by atoms with Crippen molar-refractivity contribution in [3.8, 4) is 0 Å². The molecule has 1 heterocycles. The van der Waals surface area contributed by atoms with Crippen molar-refractivity contribution in [2.75, 3.05) is 13.1 Å². The lowest BCUT2D eigenvalue weighted by Gasteiger charge is -2.22. The van der Waals surface area contributed by atoms with Gasteiger partial charge in [0.15, 0.2) is 0 Å². The fourth-order valence-corrected chi connectivity index (χ4v) is 2.32. The van der Waals surface area contributed by atoms with Gasteiger partial charge in [-0.3, -0.25) is 14.2 Å². The Morgan fingerprint density at radius 1 is 1.42 bits per heavy atom. The lowest BCUT2D eigenvalue weighted by molar-refractivity contribution is -0.160. The Labute approximate surface area is 136 Å². The van der Waals surface area contributed by atoms with E-state index in [1.54, 1.807) is 25.1 Å². The molecule has 1 amide bonds. The first kappa shape index (κ1) is 17.7. The van der Waals surface area contributed by atoms with Crippen molar-refractivity contribution >= 4 is 16.8 Å². The molecular weight excluding hydrogens is 323 g/mol. The van der Waals surface area contributed by atoms with E-state index in [1.165, 1.54) is 12.4 Å². The topological polar surface area (TPSA) is 55.2 Å². The fraction of sp³-hybridized carbons (Fsp3) is 0.312. The Kier molecular flexibility index (Phi) is 5.06. The minimum absolute atomic E-state index is 0.257. The van der Waals surface area contributed by atoms with Gasteiger partial charge in [0, 0.05) is 6.54 Å². The van der Waals surface area contributed by atoms with E-state index < -0.39 is 30.7 Å². The molecular formula is C16H16F3N3O2. The van der Waals surface area contributed by atoms with Gasteiger partial charge >= 0.3 is 6.18 Å². The van der Waals surface area contributed by atoms with E-state index in [0.717, 1.165) is 10.1 Å². The van der Waals surface area contributed by atoms with E-state index in [2.05, 4.69) is 11.6 Å². The van der Waals surface area contributed by atoms with Crippen LogP contribution in [0.25, 0.3) is 10.9 Å². The summed E-state index contributed by atoms with van der Waals surface area (Å²) in [6.07, 6.45) is -2.15. The molecule has 0 unspecified atom stereocenters. The molecule has 24 heavy (non-hydrogen) atoms. The summed E-state index contributed by atoms with van der Waals surface area (Å²) >= 11 is 0. The third-order valence-electron chi connectivity index (χ3n) is 3.43. The zero-order chi connectivity index (χ0) is 17.9. The Bertz CT molecular complexity index is 827. The van der Waals surface area contributed by atoms with E-state index >= 15 is 0 Å².